The molecule has 0 aliphatic heterocycles. The molecule has 0 fully saturated rings. The van der Waals surface area contributed by atoms with Crippen LogP contribution in [0, 0.1) is 0 Å². The lowest BCUT2D eigenvalue weighted by atomic mass is 10.3. The Balaban J connectivity index is 0. The smallest absolute Gasteiger partial charge is 0.210 e. The Morgan fingerprint density at radius 3 is 2.10 bits per heavy atom. The minimum atomic E-state index is -0.571. The van der Waals surface area contributed by atoms with Crippen molar-refractivity contribution in [1.82, 2.24) is 4.67 Å². The highest BCUT2D eigenvalue weighted by atomic mass is 31.2. The number of hydrogen-bond acceptors (Lipinski definition) is 5. The molecule has 0 saturated heterocycles. The second-order valence-corrected chi connectivity index (χ2v) is 6.44. The molecule has 5 nitrogen and oxygen atoms in total. The summed E-state index contributed by atoms with van der Waals surface area (Å²) in [5.74, 6) is 0. The van der Waals surface area contributed by atoms with E-state index in [1.54, 1.807) is 0 Å². The average Bonchev–Trinajstić information content (AvgIpc) is 2.47. The molecule has 1 unspecified atom stereocenters. The minimum Gasteiger partial charge on any atom is -0.394 e. The lowest BCUT2D eigenvalue weighted by Crippen LogP contribution is -2.32. The summed E-state index contributed by atoms with van der Waals surface area (Å²) in [6, 6.07) is 0.972. The van der Waals surface area contributed by atoms with Crippen molar-refractivity contribution in [1.29, 1.82) is 1.43 Å². The van der Waals surface area contributed by atoms with E-state index in [0.717, 1.165) is 0 Å². The number of aliphatic hydroxyl groups excluding tert-OH is 1. The molecular formula is C14H34NO4P. The van der Waals surface area contributed by atoms with Gasteiger partial charge in [-0.2, -0.15) is 0 Å². The molecule has 0 radical (unpaired) electrons. The average molecular weight is 314 g/mol. The van der Waals surface area contributed by atoms with Crippen LogP contribution in [0.15, 0.2) is 0 Å². The number of nitrogens with zero attached hydrogens (tertiary/aromatic N) is 1. The molecule has 20 heavy (non-hydrogen) atoms. The minimum absolute atomic E-state index is 0.295. The van der Waals surface area contributed by atoms with Gasteiger partial charge in [0.05, 0.1) is 39.6 Å². The van der Waals surface area contributed by atoms with Crippen LogP contribution in [0.5, 0.6) is 0 Å². The topological polar surface area (TPSA) is 51.2 Å². The van der Waals surface area contributed by atoms with Crippen LogP contribution in [0.3, 0.4) is 0 Å². The highest BCUT2D eigenvalue weighted by Gasteiger charge is 2.20. The second-order valence-electron chi connectivity index (χ2n) is 4.79. The van der Waals surface area contributed by atoms with E-state index in [2.05, 4.69) is 44.1 Å². The van der Waals surface area contributed by atoms with Crippen LogP contribution < -0.4 is 0 Å². The largest absolute Gasteiger partial charge is 0.394 e. The van der Waals surface area contributed by atoms with Crippen LogP contribution in [0.2, 0.25) is 0 Å². The van der Waals surface area contributed by atoms with Gasteiger partial charge in [0.15, 0.2) is 0 Å². The van der Waals surface area contributed by atoms with Crippen molar-refractivity contribution in [3.8, 4) is 0 Å². The number of rotatable bonds is 13. The Bertz CT molecular complexity index is 219. The molecule has 0 aliphatic rings. The monoisotopic (exact) mass is 314 g/mol. The third-order valence-electron chi connectivity index (χ3n) is 2.49. The molecule has 0 aromatic carbocycles. The van der Waals surface area contributed by atoms with Gasteiger partial charge in [-0.15, -0.1) is 0 Å². The molecular weight excluding hydrogens is 277 g/mol. The van der Waals surface area contributed by atoms with Crippen LogP contribution in [0.25, 0.3) is 0 Å². The Kier molecular flexibility index (Phi) is 13.0. The maximum absolute atomic E-state index is 6.48. The molecule has 0 rings (SSSR count). The zero-order chi connectivity index (χ0) is 17.4. The summed E-state index contributed by atoms with van der Waals surface area (Å²) in [6.07, 6.45) is 0. The Morgan fingerprint density at radius 1 is 1.10 bits per heavy atom. The quantitative estimate of drug-likeness (QED) is 0.418. The van der Waals surface area contributed by atoms with Crippen molar-refractivity contribution in [2.45, 2.75) is 47.2 Å². The Labute approximate surface area is 129 Å². The van der Waals surface area contributed by atoms with E-state index in [0.29, 0.717) is 51.7 Å². The maximum Gasteiger partial charge on any atom is 0.210 e. The van der Waals surface area contributed by atoms with Gasteiger partial charge in [0.2, 0.25) is 1.43 Å². The predicted octanol–water partition coefficient (Wildman–Crippen LogP) is 2.73. The summed E-state index contributed by atoms with van der Waals surface area (Å²) in [5.41, 5.74) is 0. The molecule has 0 spiro atoms. The fraction of sp³-hybridized carbons (Fsp3) is 1.00. The van der Waals surface area contributed by atoms with Gasteiger partial charge < -0.3 is 19.1 Å². The van der Waals surface area contributed by atoms with E-state index in [4.69, 9.17) is 16.8 Å². The summed E-state index contributed by atoms with van der Waals surface area (Å²) in [7, 11) is 0.679. The lowest BCUT2D eigenvalue weighted by Gasteiger charge is -2.35. The fourth-order valence-electron chi connectivity index (χ4n) is 1.92. The molecule has 0 bridgehead atoms. The Morgan fingerprint density at radius 2 is 1.60 bits per heavy atom. The highest BCUT2D eigenvalue weighted by molar-refractivity contribution is 7.49. The van der Waals surface area contributed by atoms with Crippen LogP contribution in [-0.4, -0.2) is 69.6 Å². The van der Waals surface area contributed by atoms with Crippen molar-refractivity contribution in [3.05, 3.63) is 0 Å². The third-order valence-corrected chi connectivity index (χ3v) is 4.62. The van der Waals surface area contributed by atoms with Crippen LogP contribution in [0.4, 0.5) is 0 Å². The second kappa shape index (κ2) is 14.2. The number of ether oxygens (including phenoxy) is 2. The zero-order valence-electron chi connectivity index (χ0n) is 15.9. The van der Waals surface area contributed by atoms with E-state index >= 15 is 0 Å². The van der Waals surface area contributed by atoms with Crippen molar-refractivity contribution < 1.29 is 20.5 Å². The van der Waals surface area contributed by atoms with Crippen molar-refractivity contribution in [3.63, 3.8) is 0 Å². The van der Waals surface area contributed by atoms with Gasteiger partial charge in [-0.3, -0.25) is 4.67 Å². The third kappa shape index (κ3) is 11.0. The highest BCUT2D eigenvalue weighted by Crippen LogP contribution is 2.40. The lowest BCUT2D eigenvalue weighted by molar-refractivity contribution is 0.0249. The van der Waals surface area contributed by atoms with Crippen molar-refractivity contribution in [2.24, 2.45) is 0 Å². The molecule has 0 aromatic heterocycles. The van der Waals surface area contributed by atoms with Crippen LogP contribution in [-0.2, 0) is 14.0 Å². The van der Waals surface area contributed by atoms with E-state index in [9.17, 15) is 0 Å². The van der Waals surface area contributed by atoms with E-state index in [-0.39, 0.29) is 0 Å². The van der Waals surface area contributed by atoms with Crippen LogP contribution >= 0.6 is 8.30 Å². The molecule has 6 heteroatoms. The summed E-state index contributed by atoms with van der Waals surface area (Å²) in [5, 5.41) is 4.14. The maximum atomic E-state index is 6.48. The number of aliphatic hydroxyl groups is 1. The van der Waals surface area contributed by atoms with Crippen LogP contribution in [0.1, 0.15) is 36.5 Å². The first-order valence-corrected chi connectivity index (χ1v) is 8.55. The Hall–Kier alpha value is 0.230. The molecule has 0 saturated carbocycles. The summed E-state index contributed by atoms with van der Waals surface area (Å²) in [6.45, 7) is 13.9. The summed E-state index contributed by atoms with van der Waals surface area (Å²) >= 11 is 0. The normalized spacial score (nSPS) is 14.1. The van der Waals surface area contributed by atoms with Crippen molar-refractivity contribution in [2.75, 3.05) is 46.3 Å². The zero-order valence-corrected chi connectivity index (χ0v) is 14.8. The van der Waals surface area contributed by atoms with E-state index in [1.807, 2.05) is 0 Å². The fourth-order valence-corrected chi connectivity index (χ4v) is 3.70. The van der Waals surface area contributed by atoms with Gasteiger partial charge >= 0.3 is 0 Å². The summed E-state index contributed by atoms with van der Waals surface area (Å²) in [4.78, 5) is 0. The first-order valence-electron chi connectivity index (χ1n) is 8.30. The SMILES string of the molecule is [2H]OCCOCCOCCOP(C)N(C(C)C)C(C)C.[3H]C. The van der Waals surface area contributed by atoms with E-state index in [1.165, 1.54) is 7.40 Å². The number of hydrogen-bond donors (Lipinski definition) is 1. The van der Waals surface area contributed by atoms with Gasteiger partial charge in [-0.25, -0.2) is 0 Å². The summed E-state index contributed by atoms with van der Waals surface area (Å²) < 4.78 is 31.1. The molecule has 0 amide bonds. The first kappa shape index (κ1) is 18.3. The molecule has 124 valence electrons. The van der Waals surface area contributed by atoms with E-state index < -0.39 is 8.30 Å². The van der Waals surface area contributed by atoms with Gasteiger partial charge in [0, 0.05) is 13.5 Å². The van der Waals surface area contributed by atoms with Gasteiger partial charge in [-0.05, 0) is 34.4 Å². The standard InChI is InChI=1S/C13H30NO4P.CH4/c1-12(2)14(13(3)4)19(5)18-11-10-17-9-8-16-7-6-15;/h12-13,15H,6-11H2,1-5H3;1H4/i15D;1T. The first-order chi connectivity index (χ1) is 10.5. The van der Waals surface area contributed by atoms with Gasteiger partial charge in [-0.1, -0.05) is 7.40 Å². The van der Waals surface area contributed by atoms with Crippen molar-refractivity contribution >= 4 is 8.30 Å². The van der Waals surface area contributed by atoms with Gasteiger partial charge in [0.25, 0.3) is 0 Å². The molecule has 0 aromatic rings. The van der Waals surface area contributed by atoms with Gasteiger partial charge in [0.1, 0.15) is 8.30 Å². The molecule has 0 aliphatic carbocycles. The predicted molar refractivity (Wildman–Crippen MR) is 86.4 cm³/mol. The molecule has 0 heterocycles. The molecule has 1 atom stereocenters. The molecule has 1 N–H and O–H groups in total.